The van der Waals surface area contributed by atoms with E-state index in [4.69, 9.17) is 9.15 Å². The van der Waals surface area contributed by atoms with Gasteiger partial charge in [0, 0.05) is 11.5 Å². The summed E-state index contributed by atoms with van der Waals surface area (Å²) in [7, 11) is 0. The molecule has 2 aliphatic heterocycles. The number of ether oxygens (including phenoxy) is 1. The van der Waals surface area contributed by atoms with E-state index in [1.54, 1.807) is 0 Å². The predicted molar refractivity (Wildman–Crippen MR) is 82.5 cm³/mol. The Kier molecular flexibility index (Phi) is 4.10. The molecule has 0 amide bonds. The normalized spacial score (nSPS) is 11.2. The molecule has 1 aromatic rings. The van der Waals surface area contributed by atoms with E-state index in [1.165, 1.54) is 18.2 Å². The van der Waals surface area contributed by atoms with Crippen molar-refractivity contribution in [3.8, 4) is 17.2 Å². The largest absolute Gasteiger partial charge is 0.490 e. The molecular weight excluding hydrogens is 303 g/mol. The van der Waals surface area contributed by atoms with Gasteiger partial charge in [-0.2, -0.15) is 4.98 Å². The summed E-state index contributed by atoms with van der Waals surface area (Å²) in [6, 6.07) is 4.07. The van der Waals surface area contributed by atoms with Crippen molar-refractivity contribution in [2.24, 2.45) is 0 Å². The molecule has 3 rings (SSSR count). The van der Waals surface area contributed by atoms with E-state index in [9.17, 15) is 14.0 Å². The number of aromatic nitrogens is 2. The fraction of sp³-hybridized carbons (Fsp3) is 0.312. The number of nitrogens with one attached hydrogen (secondary N) is 1. The Morgan fingerprint density at radius 1 is 1.26 bits per heavy atom. The zero-order chi connectivity index (χ0) is 16.4. The molecule has 1 N–H and O–H groups in total. The molecule has 7 heteroatoms. The second kappa shape index (κ2) is 6.20. The van der Waals surface area contributed by atoms with Crippen molar-refractivity contribution < 1.29 is 13.5 Å². The van der Waals surface area contributed by atoms with Gasteiger partial charge in [-0.15, -0.1) is 0 Å². The van der Waals surface area contributed by atoms with Crippen LogP contribution >= 0.6 is 0 Å². The Hall–Kier alpha value is -2.70. The SMILES string of the molecule is CCCCCOc1cc2oc3nc(=O)[nH]c(=O)c-3cc2cc1F. The lowest BCUT2D eigenvalue weighted by molar-refractivity contribution is 0.291. The quantitative estimate of drug-likeness (QED) is 0.577. The molecule has 1 aromatic carbocycles. The maximum atomic E-state index is 14.1. The fourth-order valence-corrected chi connectivity index (χ4v) is 2.30. The van der Waals surface area contributed by atoms with Gasteiger partial charge in [-0.25, -0.2) is 9.18 Å². The summed E-state index contributed by atoms with van der Waals surface area (Å²) in [5.74, 6) is -0.549. The number of H-pyrrole nitrogens is 1. The Balaban J connectivity index is 2.05. The molecular formula is C16H15FN2O4. The number of hydrogen-bond acceptors (Lipinski definition) is 5. The van der Waals surface area contributed by atoms with Gasteiger partial charge in [-0.1, -0.05) is 19.8 Å². The minimum absolute atomic E-state index is 0.0730. The van der Waals surface area contributed by atoms with Crippen molar-refractivity contribution in [1.82, 2.24) is 9.97 Å². The topological polar surface area (TPSA) is 85.2 Å². The second-order valence-electron chi connectivity index (χ2n) is 5.21. The Labute approximate surface area is 130 Å². The first-order valence-electron chi connectivity index (χ1n) is 7.38. The fourth-order valence-electron chi connectivity index (χ4n) is 2.30. The van der Waals surface area contributed by atoms with Crippen molar-refractivity contribution in [3.63, 3.8) is 0 Å². The Morgan fingerprint density at radius 2 is 2.09 bits per heavy atom. The molecule has 0 atom stereocenters. The molecule has 0 fully saturated rings. The third-order valence-corrected chi connectivity index (χ3v) is 3.47. The van der Waals surface area contributed by atoms with Crippen molar-refractivity contribution in [2.45, 2.75) is 26.2 Å². The molecule has 0 aliphatic carbocycles. The zero-order valence-corrected chi connectivity index (χ0v) is 12.5. The van der Waals surface area contributed by atoms with Crippen LogP contribution in [0.2, 0.25) is 0 Å². The van der Waals surface area contributed by atoms with Crippen LogP contribution < -0.4 is 16.0 Å². The van der Waals surface area contributed by atoms with Crippen LogP contribution in [0.25, 0.3) is 22.4 Å². The molecule has 2 heterocycles. The van der Waals surface area contributed by atoms with Crippen LogP contribution in [-0.4, -0.2) is 16.6 Å². The Morgan fingerprint density at radius 3 is 2.87 bits per heavy atom. The first-order valence-corrected chi connectivity index (χ1v) is 7.38. The van der Waals surface area contributed by atoms with Crippen molar-refractivity contribution in [2.75, 3.05) is 6.61 Å². The molecule has 0 aromatic heterocycles. The number of unbranched alkanes of at least 4 members (excludes halogenated alkanes) is 2. The van der Waals surface area contributed by atoms with Crippen LogP contribution in [0.4, 0.5) is 4.39 Å². The van der Waals surface area contributed by atoms with Gasteiger partial charge in [0.1, 0.15) is 11.1 Å². The first-order chi connectivity index (χ1) is 11.1. The van der Waals surface area contributed by atoms with E-state index in [-0.39, 0.29) is 17.2 Å². The third-order valence-electron chi connectivity index (χ3n) is 3.47. The van der Waals surface area contributed by atoms with Gasteiger partial charge in [0.05, 0.1) is 6.61 Å². The van der Waals surface area contributed by atoms with E-state index < -0.39 is 17.1 Å². The summed E-state index contributed by atoms with van der Waals surface area (Å²) >= 11 is 0. The molecule has 6 nitrogen and oxygen atoms in total. The van der Waals surface area contributed by atoms with E-state index in [0.29, 0.717) is 17.6 Å². The van der Waals surface area contributed by atoms with E-state index in [1.807, 2.05) is 4.98 Å². The average Bonchev–Trinajstić information content (AvgIpc) is 2.50. The van der Waals surface area contributed by atoms with E-state index >= 15 is 0 Å². The van der Waals surface area contributed by atoms with Crippen LogP contribution in [0, 0.1) is 5.82 Å². The molecule has 0 spiro atoms. The highest BCUT2D eigenvalue weighted by Gasteiger charge is 2.16. The smallest absolute Gasteiger partial charge is 0.351 e. The van der Waals surface area contributed by atoms with E-state index in [0.717, 1.165) is 19.3 Å². The summed E-state index contributed by atoms with van der Waals surface area (Å²) in [5.41, 5.74) is -1.02. The van der Waals surface area contributed by atoms with Gasteiger partial charge in [0.25, 0.3) is 5.56 Å². The minimum Gasteiger partial charge on any atom is -0.490 e. The lowest BCUT2D eigenvalue weighted by atomic mass is 10.1. The zero-order valence-electron chi connectivity index (χ0n) is 12.5. The minimum atomic E-state index is -0.788. The molecule has 0 radical (unpaired) electrons. The first kappa shape index (κ1) is 15.2. The maximum Gasteiger partial charge on any atom is 0.351 e. The monoisotopic (exact) mass is 318 g/mol. The number of rotatable bonds is 5. The number of aromatic amines is 1. The van der Waals surface area contributed by atoms with Gasteiger partial charge >= 0.3 is 5.69 Å². The summed E-state index contributed by atoms with van der Waals surface area (Å²) < 4.78 is 24.9. The number of benzene rings is 1. The van der Waals surface area contributed by atoms with E-state index in [2.05, 4.69) is 11.9 Å². The number of nitrogens with zero attached hydrogens (tertiary/aromatic N) is 1. The number of halogens is 1. The van der Waals surface area contributed by atoms with Gasteiger partial charge in [0.2, 0.25) is 5.89 Å². The summed E-state index contributed by atoms with van der Waals surface area (Å²) in [5, 5.41) is 0.391. The standard InChI is InChI=1S/C16H15FN2O4/c1-2-3-4-5-22-13-8-12-9(7-11(13)17)6-10-14(20)18-16(21)19-15(10)23-12/h6-8H,2-5H2,1H3,(H,18,20,21). The third kappa shape index (κ3) is 3.08. The summed E-state index contributed by atoms with van der Waals surface area (Å²) in [4.78, 5) is 28.6. The van der Waals surface area contributed by atoms with Gasteiger partial charge < -0.3 is 9.15 Å². The molecule has 120 valence electrons. The molecule has 0 saturated carbocycles. The van der Waals surface area contributed by atoms with Gasteiger partial charge in [-0.05, 0) is 18.6 Å². The summed E-state index contributed by atoms with van der Waals surface area (Å²) in [6.45, 7) is 2.48. The highest BCUT2D eigenvalue weighted by molar-refractivity contribution is 5.83. The van der Waals surface area contributed by atoms with Gasteiger partial charge in [-0.3, -0.25) is 9.78 Å². The molecule has 2 aliphatic rings. The molecule has 0 bridgehead atoms. The summed E-state index contributed by atoms with van der Waals surface area (Å²) in [6.07, 6.45) is 2.88. The molecule has 23 heavy (non-hydrogen) atoms. The highest BCUT2D eigenvalue weighted by atomic mass is 19.1. The Bertz CT molecular complexity index is 932. The van der Waals surface area contributed by atoms with Crippen LogP contribution in [0.3, 0.4) is 0 Å². The van der Waals surface area contributed by atoms with Crippen molar-refractivity contribution in [1.29, 1.82) is 0 Å². The number of hydrogen-bond donors (Lipinski definition) is 1. The van der Waals surface area contributed by atoms with Crippen LogP contribution in [0.5, 0.6) is 5.75 Å². The van der Waals surface area contributed by atoms with Crippen LogP contribution in [0.15, 0.2) is 32.2 Å². The molecule has 0 saturated heterocycles. The lowest BCUT2D eigenvalue weighted by Gasteiger charge is -2.09. The lowest BCUT2D eigenvalue weighted by Crippen LogP contribution is -2.24. The van der Waals surface area contributed by atoms with Crippen molar-refractivity contribution in [3.05, 3.63) is 44.9 Å². The van der Waals surface area contributed by atoms with Crippen LogP contribution in [0.1, 0.15) is 26.2 Å². The molecule has 0 unspecified atom stereocenters. The second-order valence-corrected chi connectivity index (χ2v) is 5.21. The van der Waals surface area contributed by atoms with Crippen LogP contribution in [-0.2, 0) is 0 Å². The maximum absolute atomic E-state index is 14.1. The highest BCUT2D eigenvalue weighted by Crippen LogP contribution is 2.29. The van der Waals surface area contributed by atoms with Crippen molar-refractivity contribution >= 4 is 11.0 Å². The number of fused-ring (bicyclic) bond motifs is 2. The average molecular weight is 318 g/mol. The van der Waals surface area contributed by atoms with Gasteiger partial charge in [0.15, 0.2) is 11.6 Å². The predicted octanol–water partition coefficient (Wildman–Crippen LogP) is 2.69.